The van der Waals surface area contributed by atoms with Crippen LogP contribution >= 0.6 is 15.9 Å². The van der Waals surface area contributed by atoms with E-state index in [1.165, 1.54) is 0 Å². The minimum atomic E-state index is -0.387. The maximum Gasteiger partial charge on any atom is 0.0629 e. The van der Waals surface area contributed by atoms with Gasteiger partial charge in [0.25, 0.3) is 0 Å². The minimum absolute atomic E-state index is 0.201. The van der Waals surface area contributed by atoms with Gasteiger partial charge in [-0.2, -0.15) is 0 Å². The molecule has 1 heteroatoms. The maximum absolute atomic E-state index is 8.42. The summed E-state index contributed by atoms with van der Waals surface area (Å²) in [6.07, 6.45) is 0. The third-order valence-corrected chi connectivity index (χ3v) is 5.20. The molecule has 0 amide bonds. The van der Waals surface area contributed by atoms with Crippen LogP contribution in [0.3, 0.4) is 0 Å². The molecule has 118 valence electrons. The molecule has 0 radical (unpaired) electrons. The Kier molecular flexibility index (Phi) is 2.37. The van der Waals surface area contributed by atoms with Crippen LogP contribution in [0.5, 0.6) is 0 Å². The zero-order valence-electron chi connectivity index (χ0n) is 18.2. The summed E-state index contributed by atoms with van der Waals surface area (Å²) in [5.41, 5.74) is 0.818. The average molecular weight is 388 g/mol. The molecule has 0 bridgehead atoms. The molecule has 0 aliphatic rings. The monoisotopic (exact) mass is 387 g/mol. The molecular formula is C24H15Br. The van der Waals surface area contributed by atoms with E-state index in [4.69, 9.17) is 6.85 Å². The maximum atomic E-state index is 8.42. The van der Waals surface area contributed by atoms with Gasteiger partial charge < -0.3 is 0 Å². The second-order valence-electron chi connectivity index (χ2n) is 6.04. The molecule has 0 fully saturated rings. The normalized spacial score (nSPS) is 14.2. The lowest BCUT2D eigenvalue weighted by Gasteiger charge is -2.12. The average Bonchev–Trinajstić information content (AvgIpc) is 2.75. The summed E-state index contributed by atoms with van der Waals surface area (Å²) in [4.78, 5) is 0. The van der Waals surface area contributed by atoms with E-state index in [-0.39, 0.29) is 35.8 Å². The van der Waals surface area contributed by atoms with Crippen molar-refractivity contribution >= 4 is 48.2 Å². The number of halogens is 1. The van der Waals surface area contributed by atoms with Gasteiger partial charge in [0.05, 0.1) is 6.85 Å². The molecule has 25 heavy (non-hydrogen) atoms. The number of fused-ring (bicyclic) bond motifs is 3. The topological polar surface area (TPSA) is 0 Å². The summed E-state index contributed by atoms with van der Waals surface area (Å²) >= 11 is 3.56. The smallest absolute Gasteiger partial charge is 0.0622 e. The standard InChI is InChI=1S/C24H15Br/c25-23-11-10-19-14-20-12-17-8-4-5-9-18(17)13-21(20)15-22(19)24(23)16-6-2-1-3-7-16/h1-15H/i1D,2D,3D,6D,7D. The highest BCUT2D eigenvalue weighted by Crippen LogP contribution is 2.37. The van der Waals surface area contributed by atoms with Crippen LogP contribution in [0.2, 0.25) is 0 Å². The van der Waals surface area contributed by atoms with Gasteiger partial charge >= 0.3 is 0 Å². The number of hydrogen-bond acceptors (Lipinski definition) is 0. The molecule has 0 atom stereocenters. The molecule has 0 aliphatic carbocycles. The van der Waals surface area contributed by atoms with Crippen LogP contribution in [0.15, 0.2) is 95.3 Å². The Morgan fingerprint density at radius 2 is 1.28 bits per heavy atom. The highest BCUT2D eigenvalue weighted by molar-refractivity contribution is 9.10. The third kappa shape index (κ3) is 2.43. The van der Waals surface area contributed by atoms with Gasteiger partial charge in [0.15, 0.2) is 0 Å². The van der Waals surface area contributed by atoms with Crippen LogP contribution in [0.4, 0.5) is 0 Å². The molecule has 5 aromatic carbocycles. The van der Waals surface area contributed by atoms with Crippen molar-refractivity contribution in [3.8, 4) is 11.1 Å². The number of rotatable bonds is 1. The van der Waals surface area contributed by atoms with E-state index < -0.39 is 0 Å². The van der Waals surface area contributed by atoms with E-state index in [2.05, 4.69) is 46.3 Å². The summed E-state index contributed by atoms with van der Waals surface area (Å²) in [6.45, 7) is 0. The van der Waals surface area contributed by atoms with Crippen LogP contribution in [0.1, 0.15) is 6.85 Å². The lowest BCUT2D eigenvalue weighted by atomic mass is 9.94. The van der Waals surface area contributed by atoms with Gasteiger partial charge in [-0.15, -0.1) is 0 Å². The predicted molar refractivity (Wildman–Crippen MR) is 112 cm³/mol. The fraction of sp³-hybridized carbons (Fsp3) is 0. The fourth-order valence-corrected chi connectivity index (χ4v) is 3.91. The van der Waals surface area contributed by atoms with E-state index in [9.17, 15) is 0 Å². The van der Waals surface area contributed by atoms with Crippen LogP contribution in [-0.4, -0.2) is 0 Å². The molecule has 0 aliphatic heterocycles. The first kappa shape index (κ1) is 10.4. The van der Waals surface area contributed by atoms with Gasteiger partial charge in [-0.1, -0.05) is 76.5 Å². The number of hydrogen-bond donors (Lipinski definition) is 0. The largest absolute Gasteiger partial charge is 0.0629 e. The lowest BCUT2D eigenvalue weighted by Crippen LogP contribution is -1.85. The fourth-order valence-electron chi connectivity index (χ4n) is 3.37. The van der Waals surface area contributed by atoms with Gasteiger partial charge in [-0.25, -0.2) is 0 Å². The first-order chi connectivity index (χ1) is 14.4. The van der Waals surface area contributed by atoms with E-state index in [0.29, 0.717) is 10.0 Å². The van der Waals surface area contributed by atoms with Gasteiger partial charge in [0.2, 0.25) is 0 Å². The van der Waals surface area contributed by atoms with E-state index in [1.54, 1.807) is 0 Å². The first-order valence-electron chi connectivity index (χ1n) is 10.5. The molecule has 0 spiro atoms. The summed E-state index contributed by atoms with van der Waals surface area (Å²) in [5, 5.41) is 6.20. The summed E-state index contributed by atoms with van der Waals surface area (Å²) < 4.78 is 41.5. The Balaban J connectivity index is 1.92. The van der Waals surface area contributed by atoms with Gasteiger partial charge in [-0.3, -0.25) is 0 Å². The quantitative estimate of drug-likeness (QED) is 0.260. The van der Waals surface area contributed by atoms with Crippen molar-refractivity contribution in [1.29, 1.82) is 0 Å². The van der Waals surface area contributed by atoms with Crippen molar-refractivity contribution < 1.29 is 6.85 Å². The van der Waals surface area contributed by atoms with Crippen molar-refractivity contribution in [2.45, 2.75) is 0 Å². The van der Waals surface area contributed by atoms with Crippen molar-refractivity contribution in [2.24, 2.45) is 0 Å². The molecule has 0 N–H and O–H groups in total. The summed E-state index contributed by atoms with van der Waals surface area (Å²) in [5.74, 6) is 0. The molecule has 0 heterocycles. The minimum Gasteiger partial charge on any atom is -0.0622 e. The highest BCUT2D eigenvalue weighted by Gasteiger charge is 2.10. The molecule has 0 saturated carbocycles. The SMILES string of the molecule is [2H]c1c([2H])c([2H])c(-c2c(Br)ccc3cc4cc5ccccc5cc4cc23)c([2H])c1[2H]. The Morgan fingerprint density at radius 1 is 0.640 bits per heavy atom. The second kappa shape index (κ2) is 5.72. The van der Waals surface area contributed by atoms with Crippen LogP contribution in [-0.2, 0) is 0 Å². The van der Waals surface area contributed by atoms with Gasteiger partial charge in [0, 0.05) is 10.0 Å². The summed E-state index contributed by atoms with van der Waals surface area (Å²) in [7, 11) is 0. The molecule has 0 aromatic heterocycles. The predicted octanol–water partition coefficient (Wildman–Crippen LogP) is 7.58. The van der Waals surface area contributed by atoms with E-state index >= 15 is 0 Å². The molecule has 0 nitrogen and oxygen atoms in total. The molecule has 0 unspecified atom stereocenters. The zero-order valence-corrected chi connectivity index (χ0v) is 14.7. The van der Waals surface area contributed by atoms with Gasteiger partial charge in [0.1, 0.15) is 0 Å². The van der Waals surface area contributed by atoms with Crippen LogP contribution in [0.25, 0.3) is 43.4 Å². The van der Waals surface area contributed by atoms with Crippen LogP contribution in [0, 0.1) is 0 Å². The highest BCUT2D eigenvalue weighted by atomic mass is 79.9. The molecule has 5 aromatic rings. The lowest BCUT2D eigenvalue weighted by molar-refractivity contribution is 1.63. The molecule has 0 saturated heterocycles. The third-order valence-electron chi connectivity index (χ3n) is 4.54. The van der Waals surface area contributed by atoms with Crippen molar-refractivity contribution in [3.05, 3.63) is 95.3 Å². The number of benzene rings is 5. The van der Waals surface area contributed by atoms with Gasteiger partial charge in [-0.05, 0) is 68.2 Å². The van der Waals surface area contributed by atoms with Crippen molar-refractivity contribution in [1.82, 2.24) is 0 Å². The Hall–Kier alpha value is -2.64. The van der Waals surface area contributed by atoms with E-state index in [0.717, 1.165) is 32.3 Å². The Bertz CT molecular complexity index is 1480. The van der Waals surface area contributed by atoms with Crippen LogP contribution < -0.4 is 0 Å². The molecular weight excluding hydrogens is 368 g/mol. The Morgan fingerprint density at radius 3 is 2.00 bits per heavy atom. The zero-order chi connectivity index (χ0) is 21.2. The summed E-state index contributed by atoms with van der Waals surface area (Å²) in [6, 6.07) is 19.0. The van der Waals surface area contributed by atoms with Crippen molar-refractivity contribution in [3.63, 3.8) is 0 Å². The second-order valence-corrected chi connectivity index (χ2v) is 6.90. The first-order valence-corrected chi connectivity index (χ1v) is 8.78. The van der Waals surface area contributed by atoms with Crippen molar-refractivity contribution in [2.75, 3.05) is 0 Å². The Labute approximate surface area is 161 Å². The molecule has 5 rings (SSSR count). The van der Waals surface area contributed by atoms with E-state index in [1.807, 2.05) is 30.3 Å².